The number of halogens is 1. The second-order valence-corrected chi connectivity index (χ2v) is 9.59. The lowest BCUT2D eigenvalue weighted by atomic mass is 9.55. The first-order chi connectivity index (χ1) is 15.6. The van der Waals surface area contributed by atoms with Gasteiger partial charge in [-0.15, -0.1) is 0 Å². The third-order valence-electron chi connectivity index (χ3n) is 8.16. The van der Waals surface area contributed by atoms with Crippen LogP contribution in [-0.4, -0.2) is 26.0 Å². The van der Waals surface area contributed by atoms with Gasteiger partial charge in [0.2, 0.25) is 0 Å². The average molecular weight is 432 g/mol. The van der Waals surface area contributed by atoms with E-state index in [9.17, 15) is 4.79 Å². The van der Waals surface area contributed by atoms with Gasteiger partial charge in [0.1, 0.15) is 5.78 Å². The van der Waals surface area contributed by atoms with Crippen LogP contribution in [0.1, 0.15) is 56.1 Å². The second kappa shape index (κ2) is 7.22. The number of hydrogen-bond donors (Lipinski definition) is 0. The van der Waals surface area contributed by atoms with Gasteiger partial charge in [-0.25, -0.2) is 4.39 Å². The fourth-order valence-electron chi connectivity index (χ4n) is 6.53. The smallest absolute Gasteiger partial charge is 0.346 e. The highest BCUT2D eigenvalue weighted by Crippen LogP contribution is 2.59. The Hall–Kier alpha value is -3.09. The molecule has 2 aromatic carbocycles. The molecule has 6 nitrogen and oxygen atoms in total. The number of ether oxygens (including phenoxy) is 1. The van der Waals surface area contributed by atoms with Gasteiger partial charge >= 0.3 is 6.01 Å². The minimum absolute atomic E-state index is 0.127. The van der Waals surface area contributed by atoms with E-state index in [1.165, 1.54) is 4.68 Å². The Labute approximate surface area is 185 Å². The van der Waals surface area contributed by atoms with Crippen molar-refractivity contribution in [2.24, 2.45) is 17.3 Å². The van der Waals surface area contributed by atoms with Crippen LogP contribution in [0.15, 0.2) is 42.5 Å². The molecule has 6 rings (SSSR count). The number of rotatable bonds is 3. The van der Waals surface area contributed by atoms with Gasteiger partial charge in [-0.2, -0.15) is 4.68 Å². The van der Waals surface area contributed by atoms with E-state index in [0.29, 0.717) is 36.4 Å². The highest BCUT2D eigenvalue weighted by molar-refractivity contribution is 5.87. The number of ketones is 1. The highest BCUT2D eigenvalue weighted by Gasteiger charge is 2.54. The van der Waals surface area contributed by atoms with Crippen LogP contribution < -0.4 is 4.74 Å². The number of tetrazole rings is 1. The lowest BCUT2D eigenvalue weighted by Gasteiger charge is -2.48. The number of hydrogen-bond acceptors (Lipinski definition) is 5. The first kappa shape index (κ1) is 19.6. The number of para-hydroxylation sites is 1. The van der Waals surface area contributed by atoms with Gasteiger partial charge in [0, 0.05) is 11.8 Å². The summed E-state index contributed by atoms with van der Waals surface area (Å²) >= 11 is 0. The maximum absolute atomic E-state index is 15.6. The topological polar surface area (TPSA) is 69.9 Å². The van der Waals surface area contributed by atoms with Gasteiger partial charge in [0.15, 0.2) is 11.6 Å². The molecule has 0 unspecified atom stereocenters. The molecule has 4 atom stereocenters. The highest BCUT2D eigenvalue weighted by atomic mass is 19.1. The lowest BCUT2D eigenvalue weighted by Crippen LogP contribution is -2.42. The first-order valence-electron chi connectivity index (χ1n) is 11.4. The normalized spacial score (nSPS) is 28.7. The van der Waals surface area contributed by atoms with Gasteiger partial charge in [0.25, 0.3) is 0 Å². The quantitative estimate of drug-likeness (QED) is 0.581. The number of fused-ring (bicyclic) bond motifs is 5. The van der Waals surface area contributed by atoms with E-state index in [0.717, 1.165) is 42.5 Å². The van der Waals surface area contributed by atoms with Crippen molar-refractivity contribution < 1.29 is 13.9 Å². The Morgan fingerprint density at radius 1 is 1.09 bits per heavy atom. The van der Waals surface area contributed by atoms with Crippen LogP contribution >= 0.6 is 0 Å². The summed E-state index contributed by atoms with van der Waals surface area (Å²) in [4.78, 5) is 12.5. The van der Waals surface area contributed by atoms with Crippen molar-refractivity contribution in [1.29, 1.82) is 0 Å². The number of Topliss-reactive ketones (excluding diaryl/α,β-unsaturated/α-hetero) is 1. The number of aromatic nitrogens is 4. The lowest BCUT2D eigenvalue weighted by molar-refractivity contribution is -0.129. The van der Waals surface area contributed by atoms with Gasteiger partial charge in [-0.3, -0.25) is 4.79 Å². The molecule has 0 spiro atoms. The molecular formula is C25H25FN4O2. The van der Waals surface area contributed by atoms with Crippen molar-refractivity contribution in [2.75, 3.05) is 0 Å². The van der Waals surface area contributed by atoms with E-state index in [2.05, 4.69) is 22.4 Å². The van der Waals surface area contributed by atoms with E-state index in [1.54, 1.807) is 6.07 Å². The van der Waals surface area contributed by atoms with E-state index in [1.807, 2.05) is 36.4 Å². The third kappa shape index (κ3) is 2.83. The first-order valence-corrected chi connectivity index (χ1v) is 11.4. The molecule has 1 aromatic heterocycles. The van der Waals surface area contributed by atoms with Crippen LogP contribution in [0.4, 0.5) is 4.39 Å². The monoisotopic (exact) mass is 432 g/mol. The molecule has 0 bridgehead atoms. The van der Waals surface area contributed by atoms with Gasteiger partial charge in [-0.05, 0) is 89.6 Å². The van der Waals surface area contributed by atoms with Crippen molar-refractivity contribution >= 4 is 5.78 Å². The zero-order valence-electron chi connectivity index (χ0n) is 18.0. The fourth-order valence-corrected chi connectivity index (χ4v) is 6.53. The predicted octanol–water partition coefficient (Wildman–Crippen LogP) is 5.02. The molecule has 1 heterocycles. The number of carbonyl (C=O) groups excluding carboxylic acids is 1. The van der Waals surface area contributed by atoms with Crippen molar-refractivity contribution in [3.63, 3.8) is 0 Å². The van der Waals surface area contributed by atoms with Crippen LogP contribution in [0.5, 0.6) is 11.8 Å². The number of benzene rings is 2. The van der Waals surface area contributed by atoms with Crippen molar-refractivity contribution in [2.45, 2.75) is 51.4 Å². The van der Waals surface area contributed by atoms with Crippen LogP contribution in [0.3, 0.4) is 0 Å². The average Bonchev–Trinajstić information content (AvgIpc) is 3.40. The predicted molar refractivity (Wildman–Crippen MR) is 115 cm³/mol. The molecule has 7 heteroatoms. The maximum atomic E-state index is 15.6. The summed E-state index contributed by atoms with van der Waals surface area (Å²) in [6, 6.07) is 13.2. The van der Waals surface area contributed by atoms with E-state index in [4.69, 9.17) is 4.74 Å². The molecule has 164 valence electrons. The SMILES string of the molecule is C[C@]12CC[C@@H]3c4ccc(Oc5nnnn5-c5ccccc5)c(F)c4CC[C@H]3[C@@H]1CCC2=O. The largest absolute Gasteiger partial charge is 0.420 e. The summed E-state index contributed by atoms with van der Waals surface area (Å²) in [5.41, 5.74) is 2.41. The van der Waals surface area contributed by atoms with Crippen LogP contribution in [0.25, 0.3) is 5.69 Å². The second-order valence-electron chi connectivity index (χ2n) is 9.59. The van der Waals surface area contributed by atoms with E-state index >= 15 is 4.39 Å². The molecule has 2 saturated carbocycles. The molecule has 0 saturated heterocycles. The van der Waals surface area contributed by atoms with Crippen molar-refractivity contribution in [3.05, 3.63) is 59.4 Å². The molecule has 2 fully saturated rings. The molecule has 0 N–H and O–H groups in total. The zero-order chi connectivity index (χ0) is 21.9. The fraction of sp³-hybridized carbons (Fsp3) is 0.440. The molecular weight excluding hydrogens is 407 g/mol. The standard InChI is InChI=1S/C25H25FN4O2/c1-25-14-13-17-16-9-11-21(32-24-27-28-29-30(24)15-5-3-2-4-6-15)23(26)19(16)8-7-18(17)20(25)10-12-22(25)31/h2-6,9,11,17-18,20H,7-8,10,12-14H2,1H3/t17-,18-,20+,25+/m1/s1. The number of nitrogens with zero attached hydrogens (tertiary/aromatic N) is 4. The molecule has 3 aromatic rings. The number of carbonyl (C=O) groups is 1. The molecule has 3 aliphatic rings. The molecule has 0 aliphatic heterocycles. The van der Waals surface area contributed by atoms with Crippen LogP contribution in [0, 0.1) is 23.1 Å². The molecule has 32 heavy (non-hydrogen) atoms. The zero-order valence-corrected chi connectivity index (χ0v) is 18.0. The van der Waals surface area contributed by atoms with Crippen molar-refractivity contribution in [1.82, 2.24) is 20.2 Å². The molecule has 3 aliphatic carbocycles. The Morgan fingerprint density at radius 2 is 1.94 bits per heavy atom. The summed E-state index contributed by atoms with van der Waals surface area (Å²) < 4.78 is 22.9. The summed E-state index contributed by atoms with van der Waals surface area (Å²) in [7, 11) is 0. The van der Waals surface area contributed by atoms with Gasteiger partial charge in [0.05, 0.1) is 5.69 Å². The van der Waals surface area contributed by atoms with Crippen LogP contribution in [0.2, 0.25) is 0 Å². The van der Waals surface area contributed by atoms with Gasteiger partial charge in [-0.1, -0.05) is 36.3 Å². The maximum Gasteiger partial charge on any atom is 0.346 e. The minimum Gasteiger partial charge on any atom is -0.420 e. The van der Waals surface area contributed by atoms with Crippen molar-refractivity contribution in [3.8, 4) is 17.4 Å². The summed E-state index contributed by atoms with van der Waals surface area (Å²) in [5.74, 6) is 1.46. The molecule has 0 radical (unpaired) electrons. The Kier molecular flexibility index (Phi) is 4.42. The summed E-state index contributed by atoms with van der Waals surface area (Å²) in [5, 5.41) is 11.6. The third-order valence-corrected chi connectivity index (χ3v) is 8.16. The Morgan fingerprint density at radius 3 is 2.78 bits per heavy atom. The minimum atomic E-state index is -0.320. The molecule has 0 amide bonds. The van der Waals surface area contributed by atoms with E-state index in [-0.39, 0.29) is 23.0 Å². The Balaban J connectivity index is 1.31. The van der Waals surface area contributed by atoms with Crippen LogP contribution in [-0.2, 0) is 11.2 Å². The Bertz CT molecular complexity index is 1190. The van der Waals surface area contributed by atoms with Gasteiger partial charge < -0.3 is 4.74 Å². The van der Waals surface area contributed by atoms with E-state index < -0.39 is 0 Å². The summed E-state index contributed by atoms with van der Waals surface area (Å²) in [6.07, 6.45) is 5.13. The summed E-state index contributed by atoms with van der Waals surface area (Å²) in [6.45, 7) is 2.16.